The van der Waals surface area contributed by atoms with E-state index in [1.165, 1.54) is 0 Å². The summed E-state index contributed by atoms with van der Waals surface area (Å²) in [5.41, 5.74) is 0. The summed E-state index contributed by atoms with van der Waals surface area (Å²) in [4.78, 5) is 0. The van der Waals surface area contributed by atoms with Gasteiger partial charge in [-0.2, -0.15) is 13.7 Å². The number of rotatable bonds is 5. The lowest BCUT2D eigenvalue weighted by atomic mass is 10.2. The van der Waals surface area contributed by atoms with Crippen LogP contribution < -0.4 is 18.6 Å². The molecule has 9 nitrogen and oxygen atoms in total. The molecule has 0 aliphatic rings. The Morgan fingerprint density at radius 2 is 1.63 bits per heavy atom. The molecule has 0 aromatic rings. The first-order valence-corrected chi connectivity index (χ1v) is 7.86. The van der Waals surface area contributed by atoms with Crippen molar-refractivity contribution in [1.82, 2.24) is 0 Å². The Balaban J connectivity index is 0. The van der Waals surface area contributed by atoms with Gasteiger partial charge in [-0.05, 0) is 0 Å². The Kier molecular flexibility index (Phi) is 8.68. The van der Waals surface area contributed by atoms with Gasteiger partial charge in [0.1, 0.15) is 12.6 Å². The van der Waals surface area contributed by atoms with Crippen LogP contribution in [-0.2, 0) is 14.3 Å². The number of hydrogen-bond acceptors (Lipinski definition) is 8. The molecule has 19 heavy (non-hydrogen) atoms. The molecule has 1 atom stereocenters. The molecule has 0 aromatic heterocycles. The van der Waals surface area contributed by atoms with Gasteiger partial charge in [0.05, 0.1) is 39.9 Å². The van der Waals surface area contributed by atoms with Crippen LogP contribution in [0, 0.1) is 21.6 Å². The molecule has 0 unspecified atom stereocenters. The average Bonchev–Trinajstić information content (AvgIpc) is 1.92. The number of nitrogens with zero attached hydrogens (tertiary/aromatic N) is 2. The van der Waals surface area contributed by atoms with Crippen molar-refractivity contribution >= 4 is 10.1 Å². The van der Waals surface area contributed by atoms with Gasteiger partial charge in [0.25, 0.3) is 10.1 Å². The van der Waals surface area contributed by atoms with Crippen molar-refractivity contribution in [3.8, 4) is 6.07 Å². The third-order valence-electron chi connectivity index (χ3n) is 1.38. The highest BCUT2D eigenvalue weighted by Gasteiger charge is 2.22. The van der Waals surface area contributed by atoms with Gasteiger partial charge >= 0.3 is 0 Å². The van der Waals surface area contributed by atoms with Crippen LogP contribution in [0.4, 0.5) is 0 Å². The first-order valence-electron chi connectivity index (χ1n) is 4.81. The zero-order chi connectivity index (χ0) is 15.9. The molecular weight excluding hydrogens is 304 g/mol. The van der Waals surface area contributed by atoms with Crippen molar-refractivity contribution in [2.24, 2.45) is 0 Å². The molecule has 114 valence electrons. The SMILES string of the molecule is C[N+](C)(C)C[C@H](CC#N)OS(C)(=O)=O.[O-][Cl+3]([O-])([O-])[O-]. The molecule has 0 amide bonds. The summed E-state index contributed by atoms with van der Waals surface area (Å²) in [6, 6.07) is 1.91. The molecule has 0 heterocycles. The molecule has 0 radical (unpaired) electrons. The van der Waals surface area contributed by atoms with Crippen molar-refractivity contribution in [2.45, 2.75) is 12.5 Å². The molecule has 0 aliphatic carbocycles. The van der Waals surface area contributed by atoms with Crippen LogP contribution >= 0.6 is 0 Å². The van der Waals surface area contributed by atoms with Crippen LogP contribution in [-0.4, -0.2) is 52.9 Å². The van der Waals surface area contributed by atoms with Crippen LogP contribution in [0.3, 0.4) is 0 Å². The van der Waals surface area contributed by atoms with Crippen molar-refractivity contribution in [3.63, 3.8) is 0 Å². The van der Waals surface area contributed by atoms with Gasteiger partial charge in [0.15, 0.2) is 0 Å². The van der Waals surface area contributed by atoms with E-state index in [1.54, 1.807) is 0 Å². The molecule has 11 heteroatoms. The monoisotopic (exact) mass is 320 g/mol. The maximum Gasteiger partial charge on any atom is 0.264 e. The Bertz CT molecular complexity index is 387. The normalized spacial score (nSPS) is 14.1. The largest absolute Gasteiger partial charge is 0.329 e. The third kappa shape index (κ3) is 26.9. The molecule has 0 aliphatic heterocycles. The van der Waals surface area contributed by atoms with E-state index in [0.717, 1.165) is 6.26 Å². The number of likely N-dealkylation sites (N-methyl/N-ethyl adjacent to an activating group) is 1. The van der Waals surface area contributed by atoms with Crippen LogP contribution in [0.5, 0.6) is 0 Å². The molecule has 0 fully saturated rings. The summed E-state index contributed by atoms with van der Waals surface area (Å²) in [5, 5.41) is 8.50. The van der Waals surface area contributed by atoms with E-state index in [9.17, 15) is 8.42 Å². The molecular formula is C8H17ClN2O7S. The van der Waals surface area contributed by atoms with Gasteiger partial charge in [-0.25, -0.2) is 18.6 Å². The fourth-order valence-electron chi connectivity index (χ4n) is 1.09. The van der Waals surface area contributed by atoms with Gasteiger partial charge in [-0.3, -0.25) is 4.18 Å². The second-order valence-electron chi connectivity index (χ2n) is 4.64. The van der Waals surface area contributed by atoms with E-state index in [-0.39, 0.29) is 6.42 Å². The molecule has 0 aromatic carbocycles. The lowest BCUT2D eigenvalue weighted by Crippen LogP contribution is -2.68. The standard InChI is InChI=1S/C8H17N2O3S.ClHO4/c1-10(2,3)7-8(5-6-9)13-14(4,11)12;2-1(3,4)5/h8H,5,7H2,1-4H3;(H,2,3,4,5)/q+1;/p-1/t8-;/m0./s1. The number of nitriles is 1. The van der Waals surface area contributed by atoms with Crippen LogP contribution in [0.2, 0.25) is 0 Å². The molecule has 0 spiro atoms. The summed E-state index contributed by atoms with van der Waals surface area (Å²) >= 11 is 0. The fourth-order valence-corrected chi connectivity index (χ4v) is 1.71. The Hall–Kier alpha value is -0.510. The summed E-state index contributed by atoms with van der Waals surface area (Å²) in [6.45, 7) is 0.487. The van der Waals surface area contributed by atoms with Crippen LogP contribution in [0.15, 0.2) is 0 Å². The van der Waals surface area contributed by atoms with E-state index in [2.05, 4.69) is 0 Å². The van der Waals surface area contributed by atoms with Crippen LogP contribution in [0.1, 0.15) is 6.42 Å². The smallest absolute Gasteiger partial charge is 0.264 e. The second kappa shape index (κ2) is 7.93. The van der Waals surface area contributed by atoms with Crippen molar-refractivity contribution in [2.75, 3.05) is 33.9 Å². The van der Waals surface area contributed by atoms with Gasteiger partial charge in [0, 0.05) is 0 Å². The van der Waals surface area contributed by atoms with Gasteiger partial charge < -0.3 is 4.48 Å². The van der Waals surface area contributed by atoms with Crippen LogP contribution in [0.25, 0.3) is 0 Å². The number of quaternary nitrogens is 1. The topological polar surface area (TPSA) is 159 Å². The fraction of sp³-hybridized carbons (Fsp3) is 0.875. The molecule has 0 rings (SSSR count). The van der Waals surface area contributed by atoms with E-state index in [0.29, 0.717) is 11.0 Å². The van der Waals surface area contributed by atoms with Gasteiger partial charge in [-0.1, -0.05) is 0 Å². The van der Waals surface area contributed by atoms with E-state index in [4.69, 9.17) is 28.1 Å². The summed E-state index contributed by atoms with van der Waals surface area (Å²) in [5.74, 6) is 0. The Morgan fingerprint density at radius 3 is 1.84 bits per heavy atom. The molecule has 0 bridgehead atoms. The summed E-state index contributed by atoms with van der Waals surface area (Å²) in [6.07, 6.45) is 0.519. The quantitative estimate of drug-likeness (QED) is 0.360. The Labute approximate surface area is 114 Å². The molecule has 0 saturated carbocycles. The maximum atomic E-state index is 10.9. The van der Waals surface area contributed by atoms with E-state index >= 15 is 0 Å². The zero-order valence-electron chi connectivity index (χ0n) is 11.0. The van der Waals surface area contributed by atoms with Crippen molar-refractivity contribution in [3.05, 3.63) is 0 Å². The predicted octanol–water partition coefficient (Wildman–Crippen LogP) is -4.80. The highest BCUT2D eigenvalue weighted by Crippen LogP contribution is 2.06. The average molecular weight is 321 g/mol. The molecule has 0 saturated heterocycles. The number of halogens is 1. The summed E-state index contributed by atoms with van der Waals surface area (Å²) < 4.78 is 61.0. The van der Waals surface area contributed by atoms with E-state index < -0.39 is 26.5 Å². The lowest BCUT2D eigenvalue weighted by molar-refractivity contribution is -2.00. The van der Waals surface area contributed by atoms with Gasteiger partial charge in [-0.15, -0.1) is 10.2 Å². The number of hydrogen-bond donors (Lipinski definition) is 0. The Morgan fingerprint density at radius 1 is 1.26 bits per heavy atom. The predicted molar refractivity (Wildman–Crippen MR) is 52.8 cm³/mol. The maximum absolute atomic E-state index is 10.9. The van der Waals surface area contributed by atoms with E-state index in [1.807, 2.05) is 27.2 Å². The lowest BCUT2D eigenvalue weighted by Gasteiger charge is -2.27. The highest BCUT2D eigenvalue weighted by atomic mass is 35.7. The van der Waals surface area contributed by atoms with Crippen molar-refractivity contribution in [1.29, 1.82) is 5.26 Å². The van der Waals surface area contributed by atoms with Crippen molar-refractivity contribution < 1.29 is 46.0 Å². The summed E-state index contributed by atoms with van der Waals surface area (Å²) in [7, 11) is -2.69. The van der Waals surface area contributed by atoms with Gasteiger partial charge in [0.2, 0.25) is 0 Å². The third-order valence-corrected chi connectivity index (χ3v) is 2.00. The second-order valence-corrected chi connectivity index (χ2v) is 6.99. The zero-order valence-corrected chi connectivity index (χ0v) is 12.6. The minimum Gasteiger partial charge on any atom is -0.329 e. The minimum absolute atomic E-state index is 0.0859. The minimum atomic E-state index is -4.94. The molecule has 0 N–H and O–H groups in total. The first kappa shape index (κ1) is 20.8. The first-order chi connectivity index (χ1) is 8.14. The highest BCUT2D eigenvalue weighted by molar-refractivity contribution is 7.86.